The lowest BCUT2D eigenvalue weighted by Gasteiger charge is -2.36. The van der Waals surface area contributed by atoms with Gasteiger partial charge in [0.15, 0.2) is 0 Å². The second-order valence-electron chi connectivity index (χ2n) is 5.52. The molecule has 6 heteroatoms. The summed E-state index contributed by atoms with van der Waals surface area (Å²) < 4.78 is 11.2. The minimum atomic E-state index is -0.575. The first-order valence-electron chi connectivity index (χ1n) is 7.07. The Morgan fingerprint density at radius 1 is 1.33 bits per heavy atom. The van der Waals surface area contributed by atoms with E-state index in [0.717, 1.165) is 13.1 Å². The van der Waals surface area contributed by atoms with E-state index in [4.69, 9.17) is 32.7 Å². The summed E-state index contributed by atoms with van der Waals surface area (Å²) in [6.07, 6.45) is -0.200. The molecule has 1 aliphatic rings. The Labute approximate surface area is 135 Å². The fourth-order valence-corrected chi connectivity index (χ4v) is 3.03. The fraction of sp³-hybridized carbons (Fsp3) is 0.600. The number of aliphatic hydroxyl groups is 1. The maximum atomic E-state index is 10.1. The van der Waals surface area contributed by atoms with Crippen molar-refractivity contribution in [1.29, 1.82) is 0 Å². The molecule has 0 amide bonds. The topological polar surface area (TPSA) is 41.9 Å². The average molecular weight is 334 g/mol. The summed E-state index contributed by atoms with van der Waals surface area (Å²) in [5.74, 6) is 0.531. The molecular weight excluding hydrogens is 313 g/mol. The van der Waals surface area contributed by atoms with E-state index in [1.54, 1.807) is 18.2 Å². The summed E-state index contributed by atoms with van der Waals surface area (Å²) >= 11 is 11.9. The molecule has 4 nitrogen and oxygen atoms in total. The van der Waals surface area contributed by atoms with Gasteiger partial charge in [0, 0.05) is 24.7 Å². The largest absolute Gasteiger partial charge is 0.489 e. The van der Waals surface area contributed by atoms with Crippen molar-refractivity contribution in [2.75, 3.05) is 26.2 Å². The number of aliphatic hydroxyl groups excluding tert-OH is 1. The molecule has 21 heavy (non-hydrogen) atoms. The predicted molar refractivity (Wildman–Crippen MR) is 84.4 cm³/mol. The summed E-state index contributed by atoms with van der Waals surface area (Å²) in [7, 11) is 0. The molecule has 1 saturated heterocycles. The number of nitrogens with zero attached hydrogens (tertiary/aromatic N) is 1. The van der Waals surface area contributed by atoms with Crippen molar-refractivity contribution in [3.05, 3.63) is 28.2 Å². The van der Waals surface area contributed by atoms with Gasteiger partial charge in [-0.05, 0) is 32.0 Å². The van der Waals surface area contributed by atoms with Crippen molar-refractivity contribution in [2.24, 2.45) is 0 Å². The number of β-amino-alcohol motifs (C(OH)–C–C–N with tert-alkyl or cyclic N) is 1. The molecule has 1 fully saturated rings. The Kier molecular flexibility index (Phi) is 6.14. The van der Waals surface area contributed by atoms with Crippen molar-refractivity contribution in [3.8, 4) is 5.75 Å². The molecule has 1 aromatic carbocycles. The van der Waals surface area contributed by atoms with E-state index >= 15 is 0 Å². The third-order valence-corrected chi connectivity index (χ3v) is 3.82. The van der Waals surface area contributed by atoms with Crippen molar-refractivity contribution < 1.29 is 14.6 Å². The summed E-state index contributed by atoms with van der Waals surface area (Å²) in [4.78, 5) is 2.19. The van der Waals surface area contributed by atoms with E-state index < -0.39 is 6.10 Å². The quantitative estimate of drug-likeness (QED) is 0.899. The fourth-order valence-electron chi connectivity index (χ4n) is 2.56. The van der Waals surface area contributed by atoms with Crippen LogP contribution in [0.3, 0.4) is 0 Å². The average Bonchev–Trinajstić information content (AvgIpc) is 2.36. The van der Waals surface area contributed by atoms with Crippen LogP contribution in [0.5, 0.6) is 5.75 Å². The maximum Gasteiger partial charge on any atom is 0.138 e. The van der Waals surface area contributed by atoms with Gasteiger partial charge < -0.3 is 14.6 Å². The highest BCUT2D eigenvalue weighted by molar-refractivity contribution is 6.35. The zero-order chi connectivity index (χ0) is 15.4. The molecule has 3 atom stereocenters. The zero-order valence-corrected chi connectivity index (χ0v) is 13.8. The van der Waals surface area contributed by atoms with Crippen LogP contribution in [0.2, 0.25) is 10.0 Å². The van der Waals surface area contributed by atoms with Crippen LogP contribution in [0, 0.1) is 0 Å². The van der Waals surface area contributed by atoms with Crippen LogP contribution in [0.4, 0.5) is 0 Å². The molecule has 0 aliphatic carbocycles. The van der Waals surface area contributed by atoms with Gasteiger partial charge in [0.25, 0.3) is 0 Å². The van der Waals surface area contributed by atoms with Crippen LogP contribution in [0.25, 0.3) is 0 Å². The Morgan fingerprint density at radius 3 is 2.62 bits per heavy atom. The number of hydrogen-bond acceptors (Lipinski definition) is 4. The molecule has 1 aromatic rings. The molecule has 0 spiro atoms. The van der Waals surface area contributed by atoms with Gasteiger partial charge in [0.2, 0.25) is 0 Å². The number of hydrogen-bond donors (Lipinski definition) is 1. The van der Waals surface area contributed by atoms with Crippen molar-refractivity contribution in [2.45, 2.75) is 32.2 Å². The molecule has 0 saturated carbocycles. The van der Waals surface area contributed by atoms with Crippen LogP contribution in [0.1, 0.15) is 13.8 Å². The first-order valence-corrected chi connectivity index (χ1v) is 7.83. The summed E-state index contributed by atoms with van der Waals surface area (Å²) in [5.41, 5.74) is 0. The van der Waals surface area contributed by atoms with Gasteiger partial charge in [-0.25, -0.2) is 0 Å². The Morgan fingerprint density at radius 2 is 2.00 bits per heavy atom. The van der Waals surface area contributed by atoms with E-state index in [2.05, 4.69) is 4.90 Å². The molecule has 0 bridgehead atoms. The number of ether oxygens (including phenoxy) is 2. The Hall–Kier alpha value is -0.520. The van der Waals surface area contributed by atoms with E-state index in [9.17, 15) is 5.11 Å². The molecule has 118 valence electrons. The lowest BCUT2D eigenvalue weighted by Crippen LogP contribution is -2.48. The van der Waals surface area contributed by atoms with E-state index in [1.807, 2.05) is 13.8 Å². The van der Waals surface area contributed by atoms with E-state index in [1.165, 1.54) is 0 Å². The highest BCUT2D eigenvalue weighted by Crippen LogP contribution is 2.27. The second-order valence-corrected chi connectivity index (χ2v) is 6.36. The summed E-state index contributed by atoms with van der Waals surface area (Å²) in [6, 6.07) is 5.03. The van der Waals surface area contributed by atoms with Gasteiger partial charge >= 0.3 is 0 Å². The smallest absolute Gasteiger partial charge is 0.138 e. The van der Waals surface area contributed by atoms with Crippen molar-refractivity contribution in [1.82, 2.24) is 4.90 Å². The van der Waals surface area contributed by atoms with Crippen LogP contribution in [-0.4, -0.2) is 54.6 Å². The standard InChI is InChI=1S/C15H21Cl2NO3/c1-10-6-18(7-11(2)21-10)8-13(19)9-20-15-4-3-12(16)5-14(15)17/h3-5,10-11,13,19H,6-9H2,1-2H3. The van der Waals surface area contributed by atoms with Gasteiger partial charge in [0.1, 0.15) is 18.5 Å². The Balaban J connectivity index is 1.80. The summed E-state index contributed by atoms with van der Waals surface area (Å²) in [6.45, 7) is 6.48. The molecule has 1 heterocycles. The third kappa shape index (κ3) is 5.31. The Bertz CT molecular complexity index is 462. The minimum Gasteiger partial charge on any atom is -0.489 e. The van der Waals surface area contributed by atoms with Gasteiger partial charge in [-0.3, -0.25) is 4.90 Å². The maximum absolute atomic E-state index is 10.1. The van der Waals surface area contributed by atoms with Gasteiger partial charge in [-0.2, -0.15) is 0 Å². The van der Waals surface area contributed by atoms with Gasteiger partial charge in [-0.15, -0.1) is 0 Å². The molecule has 1 aliphatic heterocycles. The van der Waals surface area contributed by atoms with Crippen LogP contribution in [0.15, 0.2) is 18.2 Å². The normalized spacial score (nSPS) is 24.8. The van der Waals surface area contributed by atoms with Gasteiger partial charge in [-0.1, -0.05) is 23.2 Å². The summed E-state index contributed by atoms with van der Waals surface area (Å²) in [5, 5.41) is 11.1. The highest BCUT2D eigenvalue weighted by Gasteiger charge is 2.24. The molecule has 0 aromatic heterocycles. The first-order chi connectivity index (χ1) is 9.94. The van der Waals surface area contributed by atoms with Crippen LogP contribution >= 0.6 is 23.2 Å². The van der Waals surface area contributed by atoms with E-state index in [-0.39, 0.29) is 18.8 Å². The highest BCUT2D eigenvalue weighted by atomic mass is 35.5. The van der Waals surface area contributed by atoms with E-state index in [0.29, 0.717) is 22.3 Å². The molecule has 3 unspecified atom stereocenters. The monoisotopic (exact) mass is 333 g/mol. The molecule has 1 N–H and O–H groups in total. The van der Waals surface area contributed by atoms with Crippen molar-refractivity contribution >= 4 is 23.2 Å². The SMILES string of the molecule is CC1CN(CC(O)COc2ccc(Cl)cc2Cl)CC(C)O1. The number of morpholine rings is 1. The number of benzene rings is 1. The molecular formula is C15H21Cl2NO3. The predicted octanol–water partition coefficient (Wildman–Crippen LogP) is 2.84. The lowest BCUT2D eigenvalue weighted by molar-refractivity contribution is -0.0786. The van der Waals surface area contributed by atoms with Gasteiger partial charge in [0.05, 0.1) is 17.2 Å². The molecule has 2 rings (SSSR count). The lowest BCUT2D eigenvalue weighted by atomic mass is 10.2. The third-order valence-electron chi connectivity index (χ3n) is 3.29. The second kappa shape index (κ2) is 7.65. The van der Waals surface area contributed by atoms with Crippen LogP contribution < -0.4 is 4.74 Å². The number of halogens is 2. The zero-order valence-electron chi connectivity index (χ0n) is 12.3. The van der Waals surface area contributed by atoms with Crippen molar-refractivity contribution in [3.63, 3.8) is 0 Å². The minimum absolute atomic E-state index is 0.188. The van der Waals surface area contributed by atoms with Crippen LogP contribution in [-0.2, 0) is 4.74 Å². The first kappa shape index (κ1) is 16.8. The molecule has 0 radical (unpaired) electrons. The number of rotatable bonds is 5.